The zero-order chi connectivity index (χ0) is 25.7. The maximum absolute atomic E-state index is 13.2. The fourth-order valence-corrected chi connectivity index (χ4v) is 5.08. The van der Waals surface area contributed by atoms with E-state index in [1.165, 1.54) is 4.90 Å². The number of anilines is 2. The number of rotatable bonds is 7. The largest absolute Gasteiger partial charge is 0.495 e. The van der Waals surface area contributed by atoms with Gasteiger partial charge >= 0.3 is 0 Å². The number of amides is 3. The lowest BCUT2D eigenvalue weighted by molar-refractivity contribution is -0.145. The van der Waals surface area contributed by atoms with E-state index in [0.717, 1.165) is 24.5 Å². The van der Waals surface area contributed by atoms with Crippen LogP contribution in [0.1, 0.15) is 6.42 Å². The van der Waals surface area contributed by atoms with Crippen molar-refractivity contribution < 1.29 is 19.1 Å². The van der Waals surface area contributed by atoms with Gasteiger partial charge in [-0.25, -0.2) is 0 Å². The van der Waals surface area contributed by atoms with Crippen molar-refractivity contribution in [1.82, 2.24) is 15.1 Å². The lowest BCUT2D eigenvalue weighted by Crippen LogP contribution is -2.60. The predicted molar refractivity (Wildman–Crippen MR) is 140 cm³/mol. The van der Waals surface area contributed by atoms with Gasteiger partial charge in [-0.15, -0.1) is 0 Å². The van der Waals surface area contributed by atoms with Gasteiger partial charge in [0.25, 0.3) is 0 Å². The lowest BCUT2D eigenvalue weighted by Gasteiger charge is -2.39. The van der Waals surface area contributed by atoms with Gasteiger partial charge < -0.3 is 25.2 Å². The van der Waals surface area contributed by atoms with Crippen LogP contribution in [-0.4, -0.2) is 86.5 Å². The Morgan fingerprint density at radius 2 is 1.75 bits per heavy atom. The quantitative estimate of drug-likeness (QED) is 0.567. The van der Waals surface area contributed by atoms with E-state index in [-0.39, 0.29) is 24.8 Å². The lowest BCUT2D eigenvalue weighted by atomic mass is 10.1. The number of benzene rings is 2. The van der Waals surface area contributed by atoms with Crippen molar-refractivity contribution in [3.63, 3.8) is 0 Å². The molecule has 1 atom stereocenters. The molecule has 192 valence electrons. The molecule has 0 spiro atoms. The minimum atomic E-state index is -0.879. The Kier molecular flexibility index (Phi) is 8.56. The number of para-hydroxylation sites is 2. The van der Waals surface area contributed by atoms with Gasteiger partial charge in [-0.2, -0.15) is 0 Å². The number of piperazine rings is 2. The topological polar surface area (TPSA) is 94.2 Å². The fourth-order valence-electron chi connectivity index (χ4n) is 4.55. The van der Waals surface area contributed by atoms with Gasteiger partial charge in [0.2, 0.25) is 17.7 Å². The molecule has 2 heterocycles. The molecule has 2 N–H and O–H groups in total. The Labute approximate surface area is 220 Å². The Morgan fingerprint density at radius 1 is 1.06 bits per heavy atom. The van der Waals surface area contributed by atoms with Crippen molar-refractivity contribution in [3.8, 4) is 5.75 Å². The zero-order valence-electron chi connectivity index (χ0n) is 20.0. The molecule has 2 aliphatic rings. The molecule has 0 unspecified atom stereocenters. The maximum Gasteiger partial charge on any atom is 0.243 e. The number of carbonyl (C=O) groups excluding carboxylic acids is 3. The molecule has 0 aliphatic carbocycles. The molecule has 2 saturated heterocycles. The molecule has 4 rings (SSSR count). The van der Waals surface area contributed by atoms with Crippen molar-refractivity contribution in [2.24, 2.45) is 0 Å². The molecule has 0 radical (unpaired) electrons. The number of hydrogen-bond acceptors (Lipinski definition) is 6. The van der Waals surface area contributed by atoms with Gasteiger partial charge in [0, 0.05) is 55.0 Å². The summed E-state index contributed by atoms with van der Waals surface area (Å²) in [6, 6.07) is 11.7. The highest BCUT2D eigenvalue weighted by Crippen LogP contribution is 2.28. The van der Waals surface area contributed by atoms with E-state index in [1.807, 2.05) is 24.3 Å². The second kappa shape index (κ2) is 11.8. The maximum atomic E-state index is 13.2. The summed E-state index contributed by atoms with van der Waals surface area (Å²) in [6.07, 6.45) is -0.163. The number of carbonyl (C=O) groups is 3. The first-order chi connectivity index (χ1) is 17.3. The van der Waals surface area contributed by atoms with Gasteiger partial charge in [0.1, 0.15) is 11.8 Å². The molecule has 2 aromatic carbocycles. The summed E-state index contributed by atoms with van der Waals surface area (Å²) >= 11 is 12.0. The first-order valence-corrected chi connectivity index (χ1v) is 12.5. The van der Waals surface area contributed by atoms with Crippen LogP contribution in [0.3, 0.4) is 0 Å². The molecular weight excluding hydrogens is 505 g/mol. The van der Waals surface area contributed by atoms with E-state index in [9.17, 15) is 14.4 Å². The Hall–Kier alpha value is -3.01. The van der Waals surface area contributed by atoms with E-state index in [4.69, 9.17) is 27.9 Å². The summed E-state index contributed by atoms with van der Waals surface area (Å²) < 4.78 is 5.47. The van der Waals surface area contributed by atoms with Crippen LogP contribution in [0.2, 0.25) is 10.0 Å². The van der Waals surface area contributed by atoms with E-state index in [1.54, 1.807) is 25.3 Å². The standard InChI is InChI=1S/C25H29Cl2N5O4/c1-36-22-5-3-2-4-20(22)31-10-8-30(9-11-31)16-24(34)32-7-6-28-25(35)21(32)15-23(33)29-19-13-17(26)12-18(27)14-19/h2-5,12-14,21H,6-11,15-16H2,1H3,(H,28,35)(H,29,33)/t21-/m0/s1. The molecule has 0 saturated carbocycles. The van der Waals surface area contributed by atoms with Gasteiger partial charge in [-0.05, 0) is 30.3 Å². The monoisotopic (exact) mass is 533 g/mol. The minimum absolute atomic E-state index is 0.163. The second-order valence-corrected chi connectivity index (χ2v) is 9.61. The fraction of sp³-hybridized carbons (Fsp3) is 0.400. The normalized spacial score (nSPS) is 18.5. The van der Waals surface area contributed by atoms with Crippen LogP contribution in [0.15, 0.2) is 42.5 Å². The minimum Gasteiger partial charge on any atom is -0.495 e. The van der Waals surface area contributed by atoms with Crippen molar-refractivity contribution in [2.45, 2.75) is 12.5 Å². The van der Waals surface area contributed by atoms with E-state index >= 15 is 0 Å². The van der Waals surface area contributed by atoms with Crippen molar-refractivity contribution >= 4 is 52.3 Å². The molecule has 0 aromatic heterocycles. The van der Waals surface area contributed by atoms with Gasteiger partial charge in [0.15, 0.2) is 0 Å². The Morgan fingerprint density at radius 3 is 2.44 bits per heavy atom. The highest BCUT2D eigenvalue weighted by atomic mass is 35.5. The van der Waals surface area contributed by atoms with Crippen LogP contribution in [0.25, 0.3) is 0 Å². The number of hydrogen-bond donors (Lipinski definition) is 2. The van der Waals surface area contributed by atoms with E-state index in [0.29, 0.717) is 41.9 Å². The zero-order valence-corrected chi connectivity index (χ0v) is 21.5. The van der Waals surface area contributed by atoms with Crippen molar-refractivity contribution in [3.05, 3.63) is 52.5 Å². The molecular formula is C25H29Cl2N5O4. The molecule has 2 fully saturated rings. The molecule has 11 heteroatoms. The highest BCUT2D eigenvalue weighted by molar-refractivity contribution is 6.35. The smallest absolute Gasteiger partial charge is 0.243 e. The molecule has 2 aromatic rings. The van der Waals surface area contributed by atoms with E-state index < -0.39 is 11.9 Å². The third-order valence-electron chi connectivity index (χ3n) is 6.33. The van der Waals surface area contributed by atoms with Crippen LogP contribution in [0.5, 0.6) is 5.75 Å². The molecule has 3 amide bonds. The Balaban J connectivity index is 1.34. The first kappa shape index (κ1) is 26.1. The highest BCUT2D eigenvalue weighted by Gasteiger charge is 2.35. The Bertz CT molecular complexity index is 1100. The van der Waals surface area contributed by atoms with Gasteiger partial charge in [0.05, 0.1) is 25.8 Å². The third-order valence-corrected chi connectivity index (χ3v) is 6.77. The third kappa shape index (κ3) is 6.40. The van der Waals surface area contributed by atoms with Crippen molar-refractivity contribution in [2.75, 3.05) is 63.1 Å². The molecule has 0 bridgehead atoms. The molecule has 36 heavy (non-hydrogen) atoms. The van der Waals surface area contributed by atoms with Crippen molar-refractivity contribution in [1.29, 1.82) is 0 Å². The second-order valence-electron chi connectivity index (χ2n) is 8.74. The summed E-state index contributed by atoms with van der Waals surface area (Å²) in [5.74, 6) is -0.0878. The number of ether oxygens (including phenoxy) is 1. The summed E-state index contributed by atoms with van der Waals surface area (Å²) in [5.41, 5.74) is 1.46. The van der Waals surface area contributed by atoms with Crippen LogP contribution in [0.4, 0.5) is 11.4 Å². The molecule has 2 aliphatic heterocycles. The summed E-state index contributed by atoms with van der Waals surface area (Å²) in [7, 11) is 1.66. The summed E-state index contributed by atoms with van der Waals surface area (Å²) in [4.78, 5) is 44.3. The van der Waals surface area contributed by atoms with Crippen LogP contribution < -0.4 is 20.3 Å². The van der Waals surface area contributed by atoms with Gasteiger partial charge in [-0.1, -0.05) is 35.3 Å². The molecule has 9 nitrogen and oxygen atoms in total. The number of nitrogens with one attached hydrogen (secondary N) is 2. The predicted octanol–water partition coefficient (Wildman–Crippen LogP) is 2.48. The number of halogens is 2. The van der Waals surface area contributed by atoms with E-state index in [2.05, 4.69) is 20.4 Å². The first-order valence-electron chi connectivity index (χ1n) is 11.8. The summed E-state index contributed by atoms with van der Waals surface area (Å²) in [6.45, 7) is 3.80. The SMILES string of the molecule is COc1ccccc1N1CCN(CC(=O)N2CCNC(=O)[C@@H]2CC(=O)Nc2cc(Cl)cc(Cl)c2)CC1. The average molecular weight is 534 g/mol. The van der Waals surface area contributed by atoms with Crippen LogP contribution >= 0.6 is 23.2 Å². The number of methoxy groups -OCH3 is 1. The van der Waals surface area contributed by atoms with Gasteiger partial charge in [-0.3, -0.25) is 19.3 Å². The number of nitrogens with zero attached hydrogens (tertiary/aromatic N) is 3. The van der Waals surface area contributed by atoms with Crippen LogP contribution in [-0.2, 0) is 14.4 Å². The average Bonchev–Trinajstić information content (AvgIpc) is 2.85. The summed E-state index contributed by atoms with van der Waals surface area (Å²) in [5, 5.41) is 6.24. The van der Waals surface area contributed by atoms with Crippen LogP contribution in [0, 0.1) is 0 Å².